The van der Waals surface area contributed by atoms with Crippen molar-refractivity contribution in [3.8, 4) is 0 Å². The average Bonchev–Trinajstić information content (AvgIpc) is 2.68. The average molecular weight is 305 g/mol. The van der Waals surface area contributed by atoms with Crippen LogP contribution in [0.15, 0.2) is 6.33 Å². The van der Waals surface area contributed by atoms with E-state index in [0.717, 1.165) is 6.26 Å². The molecule has 1 rings (SSSR count). The summed E-state index contributed by atoms with van der Waals surface area (Å²) in [5.41, 5.74) is 0. The Morgan fingerprint density at radius 2 is 2.15 bits per heavy atom. The van der Waals surface area contributed by atoms with Gasteiger partial charge in [-0.1, -0.05) is 0 Å². The number of hydrogen-bond donors (Lipinski definition) is 3. The number of carboxylic acid groups (broad SMARTS) is 1. The lowest BCUT2D eigenvalue weighted by Gasteiger charge is -2.14. The van der Waals surface area contributed by atoms with Gasteiger partial charge in [-0.3, -0.25) is 5.32 Å². The molecule has 0 aliphatic carbocycles. The molecule has 1 aromatic rings. The van der Waals surface area contributed by atoms with Crippen molar-refractivity contribution in [3.63, 3.8) is 0 Å². The molecule has 0 bridgehead atoms. The first kappa shape index (κ1) is 15.9. The predicted molar refractivity (Wildman–Crippen MR) is 68.9 cm³/mol. The third kappa shape index (κ3) is 5.22. The number of carbonyl (C=O) groups excluding carboxylic acids is 1. The maximum atomic E-state index is 11.6. The van der Waals surface area contributed by atoms with Crippen LogP contribution in [0.3, 0.4) is 0 Å². The van der Waals surface area contributed by atoms with Crippen molar-refractivity contribution in [2.24, 2.45) is 7.05 Å². The smallest absolute Gasteiger partial charge is 0.326 e. The molecule has 3 N–H and O–H groups in total. The summed E-state index contributed by atoms with van der Waals surface area (Å²) in [7, 11) is -1.76. The van der Waals surface area contributed by atoms with Gasteiger partial charge in [-0.15, -0.1) is 0 Å². The van der Waals surface area contributed by atoms with Crippen molar-refractivity contribution < 1.29 is 23.1 Å². The Kier molecular flexibility index (Phi) is 5.02. The van der Waals surface area contributed by atoms with Crippen LogP contribution in [0.5, 0.6) is 0 Å². The van der Waals surface area contributed by atoms with Crippen LogP contribution in [0.4, 0.5) is 10.7 Å². The summed E-state index contributed by atoms with van der Waals surface area (Å²) in [6.07, 6.45) is 1.99. The number of anilines is 1. The number of aryl methyl sites for hydroxylation is 1. The van der Waals surface area contributed by atoms with E-state index in [1.165, 1.54) is 11.0 Å². The molecular weight excluding hydrogens is 290 g/mol. The van der Waals surface area contributed by atoms with E-state index >= 15 is 0 Å². The molecule has 11 heteroatoms. The fourth-order valence-corrected chi connectivity index (χ4v) is 1.96. The first-order chi connectivity index (χ1) is 9.19. The second-order valence-corrected chi connectivity index (χ2v) is 6.37. The number of nitrogens with zero attached hydrogens (tertiary/aromatic N) is 3. The zero-order valence-electron chi connectivity index (χ0n) is 10.9. The molecule has 0 saturated heterocycles. The van der Waals surface area contributed by atoms with E-state index in [0.29, 0.717) is 0 Å². The minimum atomic E-state index is -3.31. The number of sulfone groups is 1. The molecule has 1 atom stereocenters. The van der Waals surface area contributed by atoms with Gasteiger partial charge in [0.25, 0.3) is 0 Å². The van der Waals surface area contributed by atoms with Crippen LogP contribution in [-0.4, -0.2) is 58.3 Å². The zero-order valence-corrected chi connectivity index (χ0v) is 11.7. The first-order valence-corrected chi connectivity index (χ1v) is 7.57. The summed E-state index contributed by atoms with van der Waals surface area (Å²) in [5.74, 6) is -1.52. The summed E-state index contributed by atoms with van der Waals surface area (Å²) in [6.45, 7) is 0. The number of nitrogens with one attached hydrogen (secondary N) is 2. The summed E-state index contributed by atoms with van der Waals surface area (Å²) in [5, 5.41) is 17.1. The van der Waals surface area contributed by atoms with Crippen LogP contribution in [-0.2, 0) is 21.7 Å². The van der Waals surface area contributed by atoms with Gasteiger partial charge in [0.1, 0.15) is 22.2 Å². The van der Waals surface area contributed by atoms with Gasteiger partial charge in [-0.25, -0.2) is 22.7 Å². The highest BCUT2D eigenvalue weighted by Gasteiger charge is 2.22. The third-order valence-electron chi connectivity index (χ3n) is 2.32. The van der Waals surface area contributed by atoms with Crippen molar-refractivity contribution >= 4 is 27.8 Å². The van der Waals surface area contributed by atoms with E-state index in [-0.39, 0.29) is 18.1 Å². The minimum absolute atomic E-state index is 0.134. The molecule has 0 fully saturated rings. The summed E-state index contributed by atoms with van der Waals surface area (Å²) < 4.78 is 23.3. The standard InChI is InChI=1S/C9H15N5O5S/c1-14-8(10-5-11-14)13-9(17)12-6(7(15)16)3-4-20(2,18)19/h5-6H,3-4H2,1-2H3,(H,15,16)(H2,10,11,12,13,17). The van der Waals surface area contributed by atoms with Crippen LogP contribution in [0.2, 0.25) is 0 Å². The maximum absolute atomic E-state index is 11.6. The Balaban J connectivity index is 2.59. The third-order valence-corrected chi connectivity index (χ3v) is 3.29. The van der Waals surface area contributed by atoms with E-state index in [1.54, 1.807) is 7.05 Å². The van der Waals surface area contributed by atoms with Gasteiger partial charge in [0, 0.05) is 13.3 Å². The number of amides is 2. The highest BCUT2D eigenvalue weighted by molar-refractivity contribution is 7.90. The lowest BCUT2D eigenvalue weighted by atomic mass is 10.2. The number of carbonyl (C=O) groups is 2. The minimum Gasteiger partial charge on any atom is -0.480 e. The van der Waals surface area contributed by atoms with E-state index in [1.807, 2.05) is 0 Å². The van der Waals surface area contributed by atoms with Gasteiger partial charge in [0.15, 0.2) is 0 Å². The molecule has 0 aliphatic heterocycles. The van der Waals surface area contributed by atoms with Gasteiger partial charge in [0.2, 0.25) is 5.95 Å². The van der Waals surface area contributed by atoms with Crippen molar-refractivity contribution in [3.05, 3.63) is 6.33 Å². The van der Waals surface area contributed by atoms with Crippen molar-refractivity contribution in [2.75, 3.05) is 17.3 Å². The molecule has 0 radical (unpaired) electrons. The normalized spacial score (nSPS) is 12.7. The molecular formula is C9H15N5O5S. The van der Waals surface area contributed by atoms with Crippen LogP contribution >= 0.6 is 0 Å². The first-order valence-electron chi connectivity index (χ1n) is 5.51. The van der Waals surface area contributed by atoms with Gasteiger partial charge in [0.05, 0.1) is 5.75 Å². The van der Waals surface area contributed by atoms with Crippen molar-refractivity contribution in [2.45, 2.75) is 12.5 Å². The predicted octanol–water partition coefficient (Wildman–Crippen LogP) is -1.18. The Labute approximate surface area is 115 Å². The highest BCUT2D eigenvalue weighted by atomic mass is 32.2. The van der Waals surface area contributed by atoms with Crippen molar-refractivity contribution in [1.82, 2.24) is 20.1 Å². The Morgan fingerprint density at radius 1 is 1.50 bits per heavy atom. The SMILES string of the molecule is Cn1ncnc1NC(=O)NC(CCS(C)(=O)=O)C(=O)O. The molecule has 0 saturated carbocycles. The summed E-state index contributed by atoms with van der Waals surface area (Å²) in [6, 6.07) is -2.11. The monoisotopic (exact) mass is 305 g/mol. The van der Waals surface area contributed by atoms with Gasteiger partial charge in [-0.05, 0) is 6.42 Å². The molecule has 0 aromatic carbocycles. The van der Waals surface area contributed by atoms with Crippen molar-refractivity contribution in [1.29, 1.82) is 0 Å². The fraction of sp³-hybridized carbons (Fsp3) is 0.556. The number of urea groups is 1. The lowest BCUT2D eigenvalue weighted by Crippen LogP contribution is -2.44. The Hall–Kier alpha value is -2.17. The fourth-order valence-electron chi connectivity index (χ4n) is 1.29. The largest absolute Gasteiger partial charge is 0.480 e. The zero-order chi connectivity index (χ0) is 15.3. The Bertz CT molecular complexity index is 596. The molecule has 112 valence electrons. The van der Waals surface area contributed by atoms with Gasteiger partial charge >= 0.3 is 12.0 Å². The second-order valence-electron chi connectivity index (χ2n) is 4.12. The lowest BCUT2D eigenvalue weighted by molar-refractivity contribution is -0.139. The molecule has 0 aliphatic rings. The quantitative estimate of drug-likeness (QED) is 0.600. The Morgan fingerprint density at radius 3 is 2.60 bits per heavy atom. The van der Waals surface area contributed by atoms with Gasteiger partial charge in [-0.2, -0.15) is 10.1 Å². The summed E-state index contributed by atoms with van der Waals surface area (Å²) in [4.78, 5) is 26.3. The summed E-state index contributed by atoms with van der Waals surface area (Å²) >= 11 is 0. The number of aliphatic carboxylic acids is 1. The van der Waals surface area contributed by atoms with E-state index in [9.17, 15) is 18.0 Å². The van der Waals surface area contributed by atoms with E-state index in [2.05, 4.69) is 20.7 Å². The van der Waals surface area contributed by atoms with E-state index < -0.39 is 27.9 Å². The van der Waals surface area contributed by atoms with Crippen LogP contribution in [0.1, 0.15) is 6.42 Å². The molecule has 10 nitrogen and oxygen atoms in total. The molecule has 1 heterocycles. The molecule has 1 aromatic heterocycles. The number of rotatable bonds is 6. The molecule has 1 unspecified atom stereocenters. The maximum Gasteiger partial charge on any atom is 0.326 e. The topological polar surface area (TPSA) is 143 Å². The molecule has 20 heavy (non-hydrogen) atoms. The van der Waals surface area contributed by atoms with Gasteiger partial charge < -0.3 is 10.4 Å². The molecule has 2 amide bonds. The van der Waals surface area contributed by atoms with Crippen LogP contribution < -0.4 is 10.6 Å². The number of hydrogen-bond acceptors (Lipinski definition) is 6. The second kappa shape index (κ2) is 6.32. The highest BCUT2D eigenvalue weighted by Crippen LogP contribution is 2.00. The van der Waals surface area contributed by atoms with E-state index in [4.69, 9.17) is 5.11 Å². The molecule has 0 spiro atoms. The number of aromatic nitrogens is 3. The number of carboxylic acids is 1. The van der Waals surface area contributed by atoms with Crippen LogP contribution in [0, 0.1) is 0 Å². The van der Waals surface area contributed by atoms with Crippen LogP contribution in [0.25, 0.3) is 0 Å².